The Morgan fingerprint density at radius 1 is 1.32 bits per heavy atom. The highest BCUT2D eigenvalue weighted by Crippen LogP contribution is 2.22. The van der Waals surface area contributed by atoms with Crippen LogP contribution in [-0.4, -0.2) is 0 Å². The van der Waals surface area contributed by atoms with E-state index in [4.69, 9.17) is 0 Å². The van der Waals surface area contributed by atoms with Gasteiger partial charge in [0.2, 0.25) is 0 Å². The van der Waals surface area contributed by atoms with Crippen LogP contribution in [0, 0.1) is 0 Å². The van der Waals surface area contributed by atoms with Gasteiger partial charge in [0, 0.05) is 8.96 Å². The summed E-state index contributed by atoms with van der Waals surface area (Å²) in [5.74, 6) is 0. The van der Waals surface area contributed by atoms with Crippen molar-refractivity contribution in [3.63, 3.8) is 0 Å². The molecule has 1 rings (SSSR count). The summed E-state index contributed by atoms with van der Waals surface area (Å²) >= 11 is 7.12. The Hall–Kier alpha value is -0.340. The maximum Gasteiger partial charge on any atom is 0.0209 e. The lowest BCUT2D eigenvalue weighted by Crippen LogP contribution is -1.90. The molecule has 0 radical (unpaired) electrons. The highest BCUT2D eigenvalue weighted by molar-refractivity contribution is 9.12. The Balaban J connectivity index is 0.00000154. The number of aryl methyl sites for hydroxylation is 2. The SMILES string of the molecule is C=C/C(Br)=C(\C)CCc1ccc(CC)c(Br)c1.CC. The number of hydrogen-bond acceptors (Lipinski definition) is 0. The molecule has 0 nitrogen and oxygen atoms in total. The topological polar surface area (TPSA) is 0 Å². The second-order valence-corrected chi connectivity index (χ2v) is 5.82. The molecular formula is C17H24Br2. The fraction of sp³-hybridized carbons (Fsp3) is 0.412. The van der Waals surface area contributed by atoms with Gasteiger partial charge >= 0.3 is 0 Å². The van der Waals surface area contributed by atoms with Crippen LogP contribution in [0.3, 0.4) is 0 Å². The van der Waals surface area contributed by atoms with Crippen molar-refractivity contribution >= 4 is 31.9 Å². The van der Waals surface area contributed by atoms with E-state index in [1.165, 1.54) is 21.2 Å². The molecule has 0 aliphatic heterocycles. The van der Waals surface area contributed by atoms with Crippen LogP contribution >= 0.6 is 31.9 Å². The third-order valence-corrected chi connectivity index (χ3v) is 4.61. The molecule has 1 aromatic carbocycles. The molecule has 0 bridgehead atoms. The Labute approximate surface area is 135 Å². The van der Waals surface area contributed by atoms with Gasteiger partial charge in [-0.1, -0.05) is 83.0 Å². The summed E-state index contributed by atoms with van der Waals surface area (Å²) in [5, 5.41) is 0. The van der Waals surface area contributed by atoms with E-state index in [2.05, 4.69) is 70.5 Å². The first kappa shape index (κ1) is 18.7. The van der Waals surface area contributed by atoms with Crippen LogP contribution in [0.5, 0.6) is 0 Å². The zero-order chi connectivity index (χ0) is 14.8. The average Bonchev–Trinajstić information content (AvgIpc) is 2.46. The van der Waals surface area contributed by atoms with E-state index >= 15 is 0 Å². The zero-order valence-corrected chi connectivity index (χ0v) is 15.6. The molecule has 2 heteroatoms. The normalized spacial score (nSPS) is 11.3. The van der Waals surface area contributed by atoms with E-state index in [0.29, 0.717) is 0 Å². The van der Waals surface area contributed by atoms with Gasteiger partial charge in [-0.3, -0.25) is 0 Å². The molecule has 0 heterocycles. The first-order chi connectivity index (χ1) is 9.08. The van der Waals surface area contributed by atoms with Crippen LogP contribution in [0.15, 0.2) is 45.4 Å². The predicted octanol–water partition coefficient (Wildman–Crippen LogP) is 6.83. The van der Waals surface area contributed by atoms with Crippen LogP contribution in [0.25, 0.3) is 0 Å². The fourth-order valence-corrected chi connectivity index (χ4v) is 2.56. The van der Waals surface area contributed by atoms with Crippen LogP contribution < -0.4 is 0 Å². The molecule has 0 aliphatic carbocycles. The Morgan fingerprint density at radius 2 is 1.95 bits per heavy atom. The number of rotatable bonds is 5. The van der Waals surface area contributed by atoms with E-state index in [0.717, 1.165) is 23.7 Å². The average molecular weight is 388 g/mol. The van der Waals surface area contributed by atoms with Crippen LogP contribution in [-0.2, 0) is 12.8 Å². The van der Waals surface area contributed by atoms with Crippen molar-refractivity contribution in [3.05, 3.63) is 56.5 Å². The second kappa shape index (κ2) is 10.4. The van der Waals surface area contributed by atoms with E-state index < -0.39 is 0 Å². The lowest BCUT2D eigenvalue weighted by Gasteiger charge is -2.07. The summed E-state index contributed by atoms with van der Waals surface area (Å²) < 4.78 is 2.34. The van der Waals surface area contributed by atoms with Crippen molar-refractivity contribution in [2.45, 2.75) is 47.0 Å². The number of hydrogen-bond donors (Lipinski definition) is 0. The van der Waals surface area contributed by atoms with Gasteiger partial charge in [0.15, 0.2) is 0 Å². The summed E-state index contributed by atoms with van der Waals surface area (Å²) in [6.45, 7) is 12.1. The zero-order valence-electron chi connectivity index (χ0n) is 12.4. The Bertz CT molecular complexity index is 431. The molecular weight excluding hydrogens is 364 g/mol. The molecule has 0 atom stereocenters. The van der Waals surface area contributed by atoms with Crippen LogP contribution in [0.4, 0.5) is 0 Å². The van der Waals surface area contributed by atoms with Gasteiger partial charge in [0.1, 0.15) is 0 Å². The molecule has 0 aliphatic rings. The molecule has 0 aromatic heterocycles. The van der Waals surface area contributed by atoms with Gasteiger partial charge in [-0.05, 0) is 43.4 Å². The fourth-order valence-electron chi connectivity index (χ4n) is 1.66. The minimum absolute atomic E-state index is 1.06. The van der Waals surface area contributed by atoms with Crippen molar-refractivity contribution in [1.29, 1.82) is 0 Å². The van der Waals surface area contributed by atoms with Crippen LogP contribution in [0.1, 0.15) is 45.2 Å². The van der Waals surface area contributed by atoms with Gasteiger partial charge < -0.3 is 0 Å². The highest BCUT2D eigenvalue weighted by atomic mass is 79.9. The molecule has 0 unspecified atom stereocenters. The molecule has 0 fully saturated rings. The summed E-state index contributed by atoms with van der Waals surface area (Å²) in [4.78, 5) is 0. The van der Waals surface area contributed by atoms with E-state index in [-0.39, 0.29) is 0 Å². The maximum atomic E-state index is 3.76. The molecule has 19 heavy (non-hydrogen) atoms. The third-order valence-electron chi connectivity index (χ3n) is 2.87. The van der Waals surface area contributed by atoms with Gasteiger partial charge in [0.25, 0.3) is 0 Å². The monoisotopic (exact) mass is 386 g/mol. The van der Waals surface area contributed by atoms with Crippen molar-refractivity contribution in [2.75, 3.05) is 0 Å². The first-order valence-electron chi connectivity index (χ1n) is 6.83. The maximum absolute atomic E-state index is 3.76. The van der Waals surface area contributed by atoms with E-state index in [1.54, 1.807) is 0 Å². The smallest absolute Gasteiger partial charge is 0.0209 e. The predicted molar refractivity (Wildman–Crippen MR) is 95.0 cm³/mol. The lowest BCUT2D eigenvalue weighted by molar-refractivity contribution is 0.935. The molecule has 0 spiro atoms. The molecule has 1 aromatic rings. The van der Waals surface area contributed by atoms with E-state index in [1.807, 2.05) is 19.9 Å². The minimum atomic E-state index is 1.06. The Kier molecular flexibility index (Phi) is 10.3. The highest BCUT2D eigenvalue weighted by Gasteiger charge is 2.01. The summed E-state index contributed by atoms with van der Waals surface area (Å²) in [7, 11) is 0. The van der Waals surface area contributed by atoms with Gasteiger partial charge in [-0.15, -0.1) is 0 Å². The van der Waals surface area contributed by atoms with Crippen molar-refractivity contribution in [2.24, 2.45) is 0 Å². The molecule has 0 saturated carbocycles. The Morgan fingerprint density at radius 3 is 2.42 bits per heavy atom. The third kappa shape index (κ3) is 6.58. The van der Waals surface area contributed by atoms with E-state index in [9.17, 15) is 0 Å². The summed E-state index contributed by atoms with van der Waals surface area (Å²) in [5.41, 5.74) is 4.08. The standard InChI is InChI=1S/C15H18Br2.C2H6/c1-4-13-9-8-12(10-15(13)17)7-6-11(3)14(16)5-2;1-2/h5,8-10H,2,4,6-7H2,1,3H3;1-2H3/b14-11-;. The van der Waals surface area contributed by atoms with Gasteiger partial charge in [-0.2, -0.15) is 0 Å². The van der Waals surface area contributed by atoms with Crippen LogP contribution in [0.2, 0.25) is 0 Å². The quantitative estimate of drug-likeness (QED) is 0.486. The number of allylic oxidation sites excluding steroid dienone is 3. The number of benzene rings is 1. The molecule has 106 valence electrons. The first-order valence-corrected chi connectivity index (χ1v) is 8.42. The molecule has 0 N–H and O–H groups in total. The van der Waals surface area contributed by atoms with Crippen molar-refractivity contribution < 1.29 is 0 Å². The van der Waals surface area contributed by atoms with Crippen molar-refractivity contribution in [1.82, 2.24) is 0 Å². The minimum Gasteiger partial charge on any atom is -0.0979 e. The van der Waals surface area contributed by atoms with Gasteiger partial charge in [-0.25, -0.2) is 0 Å². The van der Waals surface area contributed by atoms with Gasteiger partial charge in [0.05, 0.1) is 0 Å². The molecule has 0 saturated heterocycles. The lowest BCUT2D eigenvalue weighted by atomic mass is 10.0. The molecule has 0 amide bonds. The second-order valence-electron chi connectivity index (χ2n) is 4.11. The number of halogens is 2. The van der Waals surface area contributed by atoms with Crippen molar-refractivity contribution in [3.8, 4) is 0 Å². The summed E-state index contributed by atoms with van der Waals surface area (Å²) in [6.07, 6.45) is 5.05. The largest absolute Gasteiger partial charge is 0.0979 e. The summed E-state index contributed by atoms with van der Waals surface area (Å²) in [6, 6.07) is 6.66.